The van der Waals surface area contributed by atoms with Crippen LogP contribution in [0.25, 0.3) is 118 Å². The van der Waals surface area contributed by atoms with Crippen molar-refractivity contribution in [1.82, 2.24) is 31.2 Å². The summed E-state index contributed by atoms with van der Waals surface area (Å²) in [4.78, 5) is 0. The SMILES string of the molecule is Cc1cc(C)c(C)c(-c2c3ccccn3c[n+]2C)c1.Cc1cc(C)c(C)c(-c2c[n+]3ccccc3n2C)c1.Cc1cc(C)c(C)c(-c2cc3ccccn3[n+]2C)c1.Cc1cc(C)c(C)c(-c2ccc3ccc[n+](C)n23)c1.Cc1cc(C)c(C)c(-c2ccn3ccc[n+](C)c23)c1.Cc1cc(C)c(C)c(-c2n3ccccc3c[n+]2C)c1.Cc1cc[n+](C)c(-c2c(C)ccc3ccc(C)n23)c1. The van der Waals surface area contributed by atoms with E-state index in [9.17, 15) is 0 Å². The topological polar surface area (TPSA) is 58.8 Å². The van der Waals surface area contributed by atoms with Crippen LogP contribution in [0, 0.1) is 145 Å². The molecule has 0 aliphatic heterocycles. The second-order valence-corrected chi connectivity index (χ2v) is 37.1. The standard InChI is InChI=1S/7C17H19N2/c1-12-9-10-18(4)16(11-12)17-13(2)5-7-15-8-6-14(3)19(15)17;1-12-10-13(2)14(3)16(11-12)15-6-9-19-8-5-7-18(4)17(15)19;1-12-10-13(2)14(3)16(11-12)17-8-7-15-6-5-9-18(4)19(15)17;1-12-9-13(2)14(3)15(10-12)16-11-19-8-6-5-7-17(19)18(16)4;1-12-9-13(2)14(3)15(10-12)17-16-7-5-6-8-19(16)11-18(17)4;1-12-9-13(2)14(3)16(10-12)17-18(4)11-15-7-5-6-8-19(15)17;1-12-9-13(2)14(3)16(10-12)17-11-15-7-5-6-8-19(15)18(17)4/h7*5-11H,1-4H3/q7*+1. The molecule has 21 aromatic rings. The maximum Gasteiger partial charge on any atom is 0.294 e. The third-order valence-corrected chi connectivity index (χ3v) is 27.0. The lowest BCUT2D eigenvalue weighted by Crippen LogP contribution is -2.36. The van der Waals surface area contributed by atoms with E-state index >= 15 is 0 Å². The minimum Gasteiger partial charge on any atom is -0.309 e. The number of imidazole rings is 3. The molecule has 0 atom stereocenters. The zero-order valence-electron chi connectivity index (χ0n) is 83.6. The molecule has 0 unspecified atom stereocenters. The van der Waals surface area contributed by atoms with Crippen molar-refractivity contribution in [3.05, 3.63) is 416 Å². The van der Waals surface area contributed by atoms with E-state index in [1.54, 1.807) is 0 Å². The molecule has 133 heavy (non-hydrogen) atoms. The molecule has 0 aliphatic rings. The molecule has 0 N–H and O–H groups in total. The molecule has 15 heterocycles. The molecule has 14 heteroatoms. The zero-order chi connectivity index (χ0) is 95.0. The summed E-state index contributed by atoms with van der Waals surface area (Å²) >= 11 is 0. The van der Waals surface area contributed by atoms with E-state index in [0.29, 0.717) is 0 Å². The van der Waals surface area contributed by atoms with Gasteiger partial charge >= 0.3 is 0 Å². The molecular weight excluding hydrogens is 1630 g/mol. The van der Waals surface area contributed by atoms with Crippen LogP contribution < -0.4 is 32.0 Å². The Morgan fingerprint density at radius 1 is 0.293 bits per heavy atom. The van der Waals surface area contributed by atoms with Gasteiger partial charge in [-0.2, -0.15) is 8.97 Å². The summed E-state index contributed by atoms with van der Waals surface area (Å²) in [6.45, 7) is 45.7. The number of nitrogens with zero attached hydrogens (tertiary/aromatic N) is 14. The van der Waals surface area contributed by atoms with Crippen LogP contribution in [-0.2, 0) is 49.3 Å². The van der Waals surface area contributed by atoms with Gasteiger partial charge < -0.3 is 4.40 Å². The first-order valence-corrected chi connectivity index (χ1v) is 46.3. The highest BCUT2D eigenvalue weighted by molar-refractivity contribution is 5.81. The Hall–Kier alpha value is -14.6. The summed E-state index contributed by atoms with van der Waals surface area (Å²) < 4.78 is 30.9. The number of rotatable bonds is 7. The summed E-state index contributed by atoms with van der Waals surface area (Å²) in [5, 5.41) is 0. The molecule has 21 rings (SSSR count). The van der Waals surface area contributed by atoms with Crippen molar-refractivity contribution >= 4 is 38.9 Å². The molecule has 0 aliphatic carbocycles. The highest BCUT2D eigenvalue weighted by Crippen LogP contribution is 2.36. The lowest BCUT2D eigenvalue weighted by molar-refractivity contribution is -0.740. The molecule has 0 spiro atoms. The fourth-order valence-corrected chi connectivity index (χ4v) is 19.3. The highest BCUT2D eigenvalue weighted by Gasteiger charge is 2.27. The Morgan fingerprint density at radius 3 is 1.45 bits per heavy atom. The average Bonchev–Trinajstić information content (AvgIpc) is 1.62. The normalized spacial score (nSPS) is 11.2. The smallest absolute Gasteiger partial charge is 0.294 e. The monoisotopic (exact) mass is 1760 g/mol. The summed E-state index contributed by atoms with van der Waals surface area (Å²) in [5.41, 5.74) is 53.4. The first-order valence-electron chi connectivity index (χ1n) is 46.3. The van der Waals surface area contributed by atoms with Gasteiger partial charge in [-0.15, -0.1) is 18.4 Å². The van der Waals surface area contributed by atoms with Gasteiger partial charge in [0.15, 0.2) is 48.9 Å². The van der Waals surface area contributed by atoms with Gasteiger partial charge in [0.1, 0.15) is 41.9 Å². The lowest BCUT2D eigenvalue weighted by Gasteiger charge is -2.10. The number of aromatic nitrogens is 14. The Labute approximate surface area is 786 Å². The predicted molar refractivity (Wildman–Crippen MR) is 548 cm³/mol. The minimum atomic E-state index is 1.20. The van der Waals surface area contributed by atoms with Crippen LogP contribution in [0.5, 0.6) is 0 Å². The van der Waals surface area contributed by atoms with Crippen molar-refractivity contribution in [2.45, 2.75) is 145 Å². The molecule has 15 aromatic heterocycles. The average molecular weight is 1760 g/mol. The zero-order valence-corrected chi connectivity index (χ0v) is 83.6. The van der Waals surface area contributed by atoms with Gasteiger partial charge in [0.05, 0.1) is 88.3 Å². The van der Waals surface area contributed by atoms with Crippen LogP contribution in [0.15, 0.2) is 299 Å². The first kappa shape index (κ1) is 93.1. The van der Waals surface area contributed by atoms with Gasteiger partial charge in [-0.05, 0) is 350 Å². The van der Waals surface area contributed by atoms with Gasteiger partial charge in [0, 0.05) is 64.3 Å². The molecule has 672 valence electrons. The number of aryl methyl sites for hydroxylation is 22. The van der Waals surface area contributed by atoms with Crippen molar-refractivity contribution in [3.8, 4) is 78.9 Å². The summed E-state index contributed by atoms with van der Waals surface area (Å²) in [6.07, 6.45) is 25.4. The maximum absolute atomic E-state index is 2.34. The van der Waals surface area contributed by atoms with E-state index in [0.717, 1.165) is 0 Å². The summed E-state index contributed by atoms with van der Waals surface area (Å²) in [7, 11) is 14.7. The summed E-state index contributed by atoms with van der Waals surface area (Å²) in [6, 6.07) is 80.6. The molecule has 0 radical (unpaired) electrons. The second-order valence-electron chi connectivity index (χ2n) is 37.1. The van der Waals surface area contributed by atoms with Gasteiger partial charge in [0.2, 0.25) is 17.7 Å². The molecule has 14 nitrogen and oxygen atoms in total. The van der Waals surface area contributed by atoms with Crippen molar-refractivity contribution < 1.29 is 32.0 Å². The summed E-state index contributed by atoms with van der Waals surface area (Å²) in [5.74, 6) is 1.24. The van der Waals surface area contributed by atoms with Crippen LogP contribution in [0.3, 0.4) is 0 Å². The highest BCUT2D eigenvalue weighted by atomic mass is 15.3. The van der Waals surface area contributed by atoms with Gasteiger partial charge in [-0.25, -0.2) is 31.5 Å². The van der Waals surface area contributed by atoms with Crippen molar-refractivity contribution in [2.24, 2.45) is 49.3 Å². The Morgan fingerprint density at radius 2 is 0.812 bits per heavy atom. The number of pyridine rings is 6. The second kappa shape index (κ2) is 38.8. The first-order chi connectivity index (χ1) is 63.5. The fraction of sp³-hybridized carbons (Fsp3) is 0.235. The van der Waals surface area contributed by atoms with E-state index in [2.05, 4.69) is 557 Å². The van der Waals surface area contributed by atoms with E-state index in [-0.39, 0.29) is 0 Å². The number of hydrogen-bond acceptors (Lipinski definition) is 0. The fourth-order valence-electron chi connectivity index (χ4n) is 19.3. The van der Waals surface area contributed by atoms with E-state index in [1.165, 1.54) is 235 Å². The molecule has 0 amide bonds. The molecule has 0 saturated carbocycles. The predicted octanol–water partition coefficient (Wildman–Crippen LogP) is 23.5. The maximum atomic E-state index is 2.34. The van der Waals surface area contributed by atoms with Gasteiger partial charge in [0.25, 0.3) is 17.1 Å². The Bertz CT molecular complexity index is 7570. The van der Waals surface area contributed by atoms with Crippen LogP contribution in [0.2, 0.25) is 0 Å². The van der Waals surface area contributed by atoms with Crippen LogP contribution in [-0.4, -0.2) is 31.2 Å². The molecule has 0 bridgehead atoms. The lowest BCUT2D eigenvalue weighted by atomic mass is 9.96. The van der Waals surface area contributed by atoms with Crippen molar-refractivity contribution in [3.63, 3.8) is 0 Å². The molecule has 0 saturated heterocycles. The Kier molecular flexibility index (Phi) is 27.2. The van der Waals surface area contributed by atoms with Crippen LogP contribution in [0.1, 0.15) is 117 Å². The quantitative estimate of drug-likeness (QED) is 0.143. The number of benzene rings is 6. The van der Waals surface area contributed by atoms with E-state index in [4.69, 9.17) is 0 Å². The van der Waals surface area contributed by atoms with E-state index < -0.39 is 0 Å². The third-order valence-electron chi connectivity index (χ3n) is 27.0. The minimum absolute atomic E-state index is 1.20. The van der Waals surface area contributed by atoms with Gasteiger partial charge in [-0.1, -0.05) is 101 Å². The number of hydrogen-bond donors (Lipinski definition) is 0. The van der Waals surface area contributed by atoms with E-state index in [1.807, 2.05) is 0 Å². The van der Waals surface area contributed by atoms with Gasteiger partial charge in [-0.3, -0.25) is 0 Å². The third kappa shape index (κ3) is 19.0. The molecular formula is C119H133N14+7. The van der Waals surface area contributed by atoms with Crippen molar-refractivity contribution in [2.75, 3.05) is 0 Å². The van der Waals surface area contributed by atoms with Crippen LogP contribution >= 0.6 is 0 Å². The Balaban J connectivity index is 0.000000118. The molecule has 0 fully saturated rings. The number of fused-ring (bicyclic) bond motifs is 7. The van der Waals surface area contributed by atoms with Crippen LogP contribution in [0.4, 0.5) is 0 Å². The largest absolute Gasteiger partial charge is 0.309 e. The molecule has 6 aromatic carbocycles. The van der Waals surface area contributed by atoms with Crippen molar-refractivity contribution in [1.29, 1.82) is 0 Å².